The van der Waals surface area contributed by atoms with Crippen molar-refractivity contribution in [2.45, 2.75) is 90.4 Å². The molecular formula is C22H39N5O6. The molecule has 188 valence electrons. The maximum atomic E-state index is 13.1. The molecule has 1 aliphatic heterocycles. The summed E-state index contributed by atoms with van der Waals surface area (Å²) in [5.41, 5.74) is 11.2. The molecule has 0 spiro atoms. The van der Waals surface area contributed by atoms with Crippen LogP contribution in [0, 0.1) is 11.8 Å². The quantitative estimate of drug-likeness (QED) is 0.245. The Labute approximate surface area is 195 Å². The predicted octanol–water partition coefficient (Wildman–Crippen LogP) is -0.283. The largest absolute Gasteiger partial charge is 0.480 e. The molecule has 6 atom stereocenters. The first-order valence-corrected chi connectivity index (χ1v) is 11.6. The Bertz CT molecular complexity index is 730. The van der Waals surface area contributed by atoms with Crippen LogP contribution in [0.2, 0.25) is 0 Å². The van der Waals surface area contributed by atoms with Gasteiger partial charge in [0.2, 0.25) is 23.6 Å². The minimum Gasteiger partial charge on any atom is -0.480 e. The summed E-state index contributed by atoms with van der Waals surface area (Å²) >= 11 is 0. The zero-order chi connectivity index (χ0) is 25.3. The Morgan fingerprint density at radius 2 is 1.67 bits per heavy atom. The molecule has 0 aromatic rings. The number of carbonyl (C=O) groups excluding carboxylic acids is 4. The lowest BCUT2D eigenvalue weighted by Crippen LogP contribution is -2.58. The molecule has 7 N–H and O–H groups in total. The van der Waals surface area contributed by atoms with Crippen LogP contribution in [-0.2, 0) is 24.0 Å². The zero-order valence-corrected chi connectivity index (χ0v) is 20.0. The van der Waals surface area contributed by atoms with Gasteiger partial charge in [-0.15, -0.1) is 0 Å². The van der Waals surface area contributed by atoms with E-state index in [1.54, 1.807) is 6.92 Å². The van der Waals surface area contributed by atoms with E-state index in [1.165, 1.54) is 4.90 Å². The number of hydrogen-bond acceptors (Lipinski definition) is 6. The molecular weight excluding hydrogens is 430 g/mol. The van der Waals surface area contributed by atoms with Gasteiger partial charge in [-0.1, -0.05) is 40.5 Å². The van der Waals surface area contributed by atoms with Crippen molar-refractivity contribution < 1.29 is 29.1 Å². The standard InChI is InChI=1S/C22H39N5O6/c1-5-12(3)17(24)21(31)27-11-7-8-15(27)19(29)26-18(13(4)6-2)20(30)25-14(22(32)33)9-10-16(23)28/h12-15,17-18H,5-11,24H2,1-4H3,(H2,23,28)(H,25,30)(H,26,29)(H,32,33)/t12-,13-,14-,15-,17-,18-/m0/s1. The second-order valence-corrected chi connectivity index (χ2v) is 8.88. The summed E-state index contributed by atoms with van der Waals surface area (Å²) in [5.74, 6) is -3.73. The Balaban J connectivity index is 2.95. The van der Waals surface area contributed by atoms with Crippen molar-refractivity contribution >= 4 is 29.6 Å². The predicted molar refractivity (Wildman–Crippen MR) is 122 cm³/mol. The van der Waals surface area contributed by atoms with Crippen LogP contribution in [0.5, 0.6) is 0 Å². The molecule has 1 aliphatic rings. The lowest BCUT2D eigenvalue weighted by atomic mass is 9.96. The number of rotatable bonds is 13. The summed E-state index contributed by atoms with van der Waals surface area (Å²) < 4.78 is 0. The van der Waals surface area contributed by atoms with E-state index in [0.717, 1.165) is 6.42 Å². The molecule has 1 saturated heterocycles. The molecule has 11 nitrogen and oxygen atoms in total. The normalized spacial score (nSPS) is 20.3. The number of carbonyl (C=O) groups is 5. The summed E-state index contributed by atoms with van der Waals surface area (Å²) in [6, 6.07) is -3.76. The molecule has 4 amide bonds. The first kappa shape index (κ1) is 28.3. The number of primary amides is 1. The highest BCUT2D eigenvalue weighted by molar-refractivity contribution is 5.94. The topological polar surface area (TPSA) is 185 Å². The second-order valence-electron chi connectivity index (χ2n) is 8.88. The smallest absolute Gasteiger partial charge is 0.326 e. The molecule has 0 aliphatic carbocycles. The van der Waals surface area contributed by atoms with Crippen LogP contribution in [0.25, 0.3) is 0 Å². The third kappa shape index (κ3) is 7.99. The lowest BCUT2D eigenvalue weighted by molar-refractivity contribution is -0.144. The van der Waals surface area contributed by atoms with Crippen LogP contribution in [0.4, 0.5) is 0 Å². The Morgan fingerprint density at radius 1 is 1.06 bits per heavy atom. The third-order valence-electron chi connectivity index (χ3n) is 6.47. The van der Waals surface area contributed by atoms with Gasteiger partial charge in [0, 0.05) is 13.0 Å². The minimum absolute atomic E-state index is 0.0335. The Morgan fingerprint density at radius 3 is 2.18 bits per heavy atom. The van der Waals surface area contributed by atoms with Gasteiger partial charge < -0.3 is 32.1 Å². The number of amides is 4. The molecule has 0 radical (unpaired) electrons. The summed E-state index contributed by atoms with van der Waals surface area (Å²) in [6.07, 6.45) is 2.02. The molecule has 0 bridgehead atoms. The van der Waals surface area contributed by atoms with Gasteiger partial charge in [0.15, 0.2) is 0 Å². The minimum atomic E-state index is -1.31. The van der Waals surface area contributed by atoms with Crippen molar-refractivity contribution in [3.05, 3.63) is 0 Å². The molecule has 1 rings (SSSR count). The van der Waals surface area contributed by atoms with Crippen LogP contribution in [0.1, 0.15) is 66.2 Å². The van der Waals surface area contributed by atoms with Crippen LogP contribution >= 0.6 is 0 Å². The van der Waals surface area contributed by atoms with Gasteiger partial charge in [-0.3, -0.25) is 19.2 Å². The van der Waals surface area contributed by atoms with Crippen molar-refractivity contribution in [3.63, 3.8) is 0 Å². The lowest BCUT2D eigenvalue weighted by Gasteiger charge is -2.31. The van der Waals surface area contributed by atoms with Crippen LogP contribution in [-0.4, -0.2) is 70.3 Å². The highest BCUT2D eigenvalue weighted by atomic mass is 16.4. The van der Waals surface area contributed by atoms with Crippen molar-refractivity contribution in [1.29, 1.82) is 0 Å². The van der Waals surface area contributed by atoms with Gasteiger partial charge in [0.25, 0.3) is 0 Å². The molecule has 1 fully saturated rings. The fourth-order valence-corrected chi connectivity index (χ4v) is 3.75. The maximum absolute atomic E-state index is 13.1. The van der Waals surface area contributed by atoms with Crippen LogP contribution in [0.15, 0.2) is 0 Å². The van der Waals surface area contributed by atoms with Gasteiger partial charge in [0.05, 0.1) is 6.04 Å². The van der Waals surface area contributed by atoms with Gasteiger partial charge >= 0.3 is 5.97 Å². The second kappa shape index (κ2) is 13.1. The fourth-order valence-electron chi connectivity index (χ4n) is 3.75. The van der Waals surface area contributed by atoms with E-state index in [1.807, 2.05) is 20.8 Å². The third-order valence-corrected chi connectivity index (χ3v) is 6.47. The molecule has 33 heavy (non-hydrogen) atoms. The number of carboxylic acid groups (broad SMARTS) is 1. The molecule has 11 heteroatoms. The number of nitrogens with two attached hydrogens (primary N) is 2. The molecule has 0 saturated carbocycles. The van der Waals surface area contributed by atoms with Crippen LogP contribution < -0.4 is 22.1 Å². The highest BCUT2D eigenvalue weighted by Crippen LogP contribution is 2.21. The maximum Gasteiger partial charge on any atom is 0.326 e. The van der Waals surface area contributed by atoms with E-state index in [9.17, 15) is 29.1 Å². The van der Waals surface area contributed by atoms with E-state index in [0.29, 0.717) is 25.8 Å². The Hall–Kier alpha value is -2.69. The molecule has 1 heterocycles. The van der Waals surface area contributed by atoms with E-state index in [4.69, 9.17) is 11.5 Å². The molecule has 0 unspecified atom stereocenters. The SMILES string of the molecule is CC[C@H](C)[C@H](N)C(=O)N1CCC[C@H]1C(=O)N[C@H](C(=O)N[C@@H](CCC(N)=O)C(=O)O)[C@@H](C)CC. The summed E-state index contributed by atoms with van der Waals surface area (Å²) in [6.45, 7) is 7.84. The number of likely N-dealkylation sites (tertiary alicyclic amines) is 1. The van der Waals surface area contributed by atoms with Crippen LogP contribution in [0.3, 0.4) is 0 Å². The monoisotopic (exact) mass is 469 g/mol. The number of hydrogen-bond donors (Lipinski definition) is 5. The van der Waals surface area contributed by atoms with E-state index in [-0.39, 0.29) is 30.6 Å². The fraction of sp³-hybridized carbons (Fsp3) is 0.773. The Kier molecular flexibility index (Phi) is 11.3. The average Bonchev–Trinajstić information content (AvgIpc) is 3.27. The first-order chi connectivity index (χ1) is 15.4. The summed E-state index contributed by atoms with van der Waals surface area (Å²) in [7, 11) is 0. The van der Waals surface area contributed by atoms with Gasteiger partial charge in [-0.2, -0.15) is 0 Å². The van der Waals surface area contributed by atoms with Gasteiger partial charge in [-0.25, -0.2) is 4.79 Å². The number of nitrogens with one attached hydrogen (secondary N) is 2. The highest BCUT2D eigenvalue weighted by Gasteiger charge is 2.39. The zero-order valence-electron chi connectivity index (χ0n) is 20.0. The van der Waals surface area contributed by atoms with Crippen molar-refractivity contribution in [2.24, 2.45) is 23.3 Å². The van der Waals surface area contributed by atoms with E-state index < -0.39 is 47.9 Å². The average molecular weight is 470 g/mol. The first-order valence-electron chi connectivity index (χ1n) is 11.6. The molecule has 0 aromatic carbocycles. The number of nitrogens with zero attached hydrogens (tertiary/aromatic N) is 1. The van der Waals surface area contributed by atoms with Gasteiger partial charge in [0.1, 0.15) is 18.1 Å². The van der Waals surface area contributed by atoms with Crippen molar-refractivity contribution in [3.8, 4) is 0 Å². The summed E-state index contributed by atoms with van der Waals surface area (Å²) in [4.78, 5) is 62.8. The molecule has 0 aromatic heterocycles. The summed E-state index contributed by atoms with van der Waals surface area (Å²) in [5, 5.41) is 14.5. The van der Waals surface area contributed by atoms with Crippen molar-refractivity contribution in [2.75, 3.05) is 6.54 Å². The number of carboxylic acids is 1. The number of aliphatic carboxylic acids is 1. The van der Waals surface area contributed by atoms with Gasteiger partial charge in [-0.05, 0) is 31.1 Å². The van der Waals surface area contributed by atoms with Crippen molar-refractivity contribution in [1.82, 2.24) is 15.5 Å². The van der Waals surface area contributed by atoms with E-state index >= 15 is 0 Å². The van der Waals surface area contributed by atoms with E-state index in [2.05, 4.69) is 10.6 Å².